The second-order valence-electron chi connectivity index (χ2n) is 3.07. The van der Waals surface area contributed by atoms with Crippen LogP contribution in [-0.4, -0.2) is 16.9 Å². The minimum atomic E-state index is 0.636. The lowest BCUT2D eigenvalue weighted by Crippen LogP contribution is -1.97. The van der Waals surface area contributed by atoms with E-state index in [0.29, 0.717) is 12.5 Å². The van der Waals surface area contributed by atoms with Gasteiger partial charge in [0.2, 0.25) is 0 Å². The van der Waals surface area contributed by atoms with Crippen LogP contribution in [0.3, 0.4) is 0 Å². The smallest absolute Gasteiger partial charge is 0.186 e. The molecule has 0 amide bonds. The molecule has 0 atom stereocenters. The maximum absolute atomic E-state index is 5.28. The average Bonchev–Trinajstić information content (AvgIpc) is 2.62. The predicted octanol–water partition coefficient (Wildman–Crippen LogP) is 3.38. The van der Waals surface area contributed by atoms with Crippen LogP contribution in [0.5, 0.6) is 0 Å². The molecule has 0 spiro atoms. The molecule has 4 heteroatoms. The molecule has 0 saturated heterocycles. The minimum absolute atomic E-state index is 0.636. The van der Waals surface area contributed by atoms with Crippen LogP contribution >= 0.6 is 11.5 Å². The van der Waals surface area contributed by atoms with E-state index in [1.807, 2.05) is 38.1 Å². The first-order valence-corrected chi connectivity index (χ1v) is 5.61. The molecule has 0 aliphatic rings. The Hall–Kier alpha value is -1.42. The zero-order chi connectivity index (χ0) is 10.7. The highest BCUT2D eigenvalue weighted by Crippen LogP contribution is 2.28. The third-order valence-electron chi connectivity index (χ3n) is 1.97. The van der Waals surface area contributed by atoms with E-state index >= 15 is 0 Å². The molecule has 0 aliphatic heterocycles. The first kappa shape index (κ1) is 10.1. The second kappa shape index (κ2) is 4.40. The third kappa shape index (κ3) is 2.15. The maximum Gasteiger partial charge on any atom is 0.186 e. The van der Waals surface area contributed by atoms with E-state index in [9.17, 15) is 0 Å². The summed E-state index contributed by atoms with van der Waals surface area (Å²) in [5.41, 5.74) is 0. The number of aliphatic imine (C=N–C) groups is 1. The summed E-state index contributed by atoms with van der Waals surface area (Å²) >= 11 is 1.46. The lowest BCUT2D eigenvalue weighted by molar-refractivity contribution is 0.325. The normalized spacial score (nSPS) is 12.0. The van der Waals surface area contributed by atoms with E-state index in [0.717, 1.165) is 15.9 Å². The van der Waals surface area contributed by atoms with Crippen molar-refractivity contribution >= 4 is 33.3 Å². The molecule has 0 N–H and O–H groups in total. The number of benzene rings is 1. The Morgan fingerprint density at radius 2 is 2.27 bits per heavy atom. The fourth-order valence-electron chi connectivity index (χ4n) is 1.34. The molecule has 1 aromatic heterocycles. The summed E-state index contributed by atoms with van der Waals surface area (Å²) in [6.45, 7) is 4.42. The summed E-state index contributed by atoms with van der Waals surface area (Å²) in [4.78, 5) is 4.33. The summed E-state index contributed by atoms with van der Waals surface area (Å²) in [5.74, 6) is 1.41. The van der Waals surface area contributed by atoms with E-state index < -0.39 is 0 Å². The number of hydrogen-bond acceptors (Lipinski definition) is 4. The van der Waals surface area contributed by atoms with Crippen molar-refractivity contribution in [2.75, 3.05) is 6.61 Å². The highest BCUT2D eigenvalue weighted by Gasteiger charge is 2.04. The molecular weight excluding hydrogens is 208 g/mol. The van der Waals surface area contributed by atoms with Gasteiger partial charge in [0.15, 0.2) is 11.7 Å². The van der Waals surface area contributed by atoms with Crippen LogP contribution in [-0.2, 0) is 4.74 Å². The first-order valence-electron chi connectivity index (χ1n) is 4.83. The molecule has 0 saturated carbocycles. The van der Waals surface area contributed by atoms with E-state index in [-0.39, 0.29) is 0 Å². The molecule has 0 radical (unpaired) electrons. The summed E-state index contributed by atoms with van der Waals surface area (Å²) in [5, 5.41) is 1.08. The lowest BCUT2D eigenvalue weighted by atomic mass is 10.3. The number of nitrogens with zero attached hydrogens (tertiary/aromatic N) is 2. The number of aromatic nitrogens is 1. The molecule has 15 heavy (non-hydrogen) atoms. The fourth-order valence-corrected chi connectivity index (χ4v) is 2.06. The van der Waals surface area contributed by atoms with Crippen molar-refractivity contribution in [2.45, 2.75) is 13.8 Å². The van der Waals surface area contributed by atoms with Gasteiger partial charge in [0.05, 0.1) is 11.3 Å². The summed E-state index contributed by atoms with van der Waals surface area (Å²) in [7, 11) is 0. The Balaban J connectivity index is 2.40. The molecule has 0 bridgehead atoms. The number of ether oxygens (including phenoxy) is 1. The van der Waals surface area contributed by atoms with Gasteiger partial charge in [-0.1, -0.05) is 12.1 Å². The Morgan fingerprint density at radius 1 is 1.47 bits per heavy atom. The quantitative estimate of drug-likeness (QED) is 0.574. The van der Waals surface area contributed by atoms with Crippen LogP contribution < -0.4 is 0 Å². The number of hydrogen-bond donors (Lipinski definition) is 0. The van der Waals surface area contributed by atoms with Gasteiger partial charge in [0.25, 0.3) is 0 Å². The van der Waals surface area contributed by atoms with Gasteiger partial charge >= 0.3 is 0 Å². The van der Waals surface area contributed by atoms with Crippen molar-refractivity contribution in [1.29, 1.82) is 0 Å². The summed E-state index contributed by atoms with van der Waals surface area (Å²) in [6, 6.07) is 8.06. The van der Waals surface area contributed by atoms with E-state index in [4.69, 9.17) is 4.74 Å². The Kier molecular flexibility index (Phi) is 2.97. The SMILES string of the molecule is CCOC(C)=Nc1nsc2ccccc12. The van der Waals surface area contributed by atoms with Gasteiger partial charge in [-0.25, -0.2) is 0 Å². The van der Waals surface area contributed by atoms with Crippen molar-refractivity contribution in [3.8, 4) is 0 Å². The monoisotopic (exact) mass is 220 g/mol. The van der Waals surface area contributed by atoms with Crippen LogP contribution in [0.25, 0.3) is 10.1 Å². The Bertz CT molecular complexity index is 490. The Labute approximate surface area is 92.6 Å². The standard InChI is InChI=1S/C11H12N2OS/c1-3-14-8(2)12-11-9-6-4-5-7-10(9)15-13-11/h4-7H,3H2,1-2H3. The van der Waals surface area contributed by atoms with E-state index in [2.05, 4.69) is 9.37 Å². The maximum atomic E-state index is 5.28. The van der Waals surface area contributed by atoms with Crippen LogP contribution in [0.2, 0.25) is 0 Å². The van der Waals surface area contributed by atoms with Gasteiger partial charge in [0, 0.05) is 12.3 Å². The molecular formula is C11H12N2OS. The lowest BCUT2D eigenvalue weighted by Gasteiger charge is -1.99. The third-order valence-corrected chi connectivity index (χ3v) is 2.79. The molecule has 2 rings (SSSR count). The molecule has 1 heterocycles. The van der Waals surface area contributed by atoms with Crippen molar-refractivity contribution < 1.29 is 4.74 Å². The zero-order valence-electron chi connectivity index (χ0n) is 8.73. The largest absolute Gasteiger partial charge is 0.481 e. The zero-order valence-corrected chi connectivity index (χ0v) is 9.54. The Morgan fingerprint density at radius 3 is 3.07 bits per heavy atom. The molecule has 78 valence electrons. The topological polar surface area (TPSA) is 34.5 Å². The number of rotatable bonds is 2. The van der Waals surface area contributed by atoms with Crippen molar-refractivity contribution in [3.63, 3.8) is 0 Å². The van der Waals surface area contributed by atoms with Crippen LogP contribution in [0.15, 0.2) is 29.3 Å². The van der Waals surface area contributed by atoms with Crippen LogP contribution in [0.4, 0.5) is 5.82 Å². The fraction of sp³-hybridized carbons (Fsp3) is 0.273. The summed E-state index contributed by atoms with van der Waals surface area (Å²) < 4.78 is 10.7. The molecule has 0 fully saturated rings. The second-order valence-corrected chi connectivity index (χ2v) is 3.87. The van der Waals surface area contributed by atoms with Crippen LogP contribution in [0.1, 0.15) is 13.8 Å². The van der Waals surface area contributed by atoms with Gasteiger partial charge in [-0.15, -0.1) is 0 Å². The van der Waals surface area contributed by atoms with Crippen molar-refractivity contribution in [2.24, 2.45) is 4.99 Å². The average molecular weight is 220 g/mol. The van der Waals surface area contributed by atoms with Crippen molar-refractivity contribution in [3.05, 3.63) is 24.3 Å². The molecule has 1 aromatic carbocycles. The first-order chi connectivity index (χ1) is 7.31. The van der Waals surface area contributed by atoms with E-state index in [1.165, 1.54) is 11.5 Å². The predicted molar refractivity (Wildman–Crippen MR) is 64.0 cm³/mol. The molecule has 0 aliphatic carbocycles. The van der Waals surface area contributed by atoms with Gasteiger partial charge in [0.1, 0.15) is 0 Å². The highest BCUT2D eigenvalue weighted by atomic mass is 32.1. The molecule has 2 aromatic rings. The van der Waals surface area contributed by atoms with Gasteiger partial charge in [-0.3, -0.25) is 0 Å². The molecule has 0 unspecified atom stereocenters. The van der Waals surface area contributed by atoms with Crippen molar-refractivity contribution in [1.82, 2.24) is 4.37 Å². The van der Waals surface area contributed by atoms with Gasteiger partial charge in [-0.2, -0.15) is 9.37 Å². The molecule has 3 nitrogen and oxygen atoms in total. The van der Waals surface area contributed by atoms with Crippen LogP contribution in [0, 0.1) is 0 Å². The van der Waals surface area contributed by atoms with Gasteiger partial charge in [-0.05, 0) is 30.6 Å². The summed E-state index contributed by atoms with van der Waals surface area (Å²) in [6.07, 6.45) is 0. The highest BCUT2D eigenvalue weighted by molar-refractivity contribution is 7.13. The minimum Gasteiger partial charge on any atom is -0.481 e. The van der Waals surface area contributed by atoms with E-state index in [1.54, 1.807) is 0 Å². The number of fused-ring (bicyclic) bond motifs is 1. The van der Waals surface area contributed by atoms with Gasteiger partial charge < -0.3 is 4.74 Å².